The second-order valence-electron chi connectivity index (χ2n) is 7.85. The third kappa shape index (κ3) is 3.72. The van der Waals surface area contributed by atoms with Gasteiger partial charge < -0.3 is 4.74 Å². The average molecular weight is 423 g/mol. The summed E-state index contributed by atoms with van der Waals surface area (Å²) in [6, 6.07) is 9.88. The number of thiophene rings is 1. The molecule has 0 amide bonds. The van der Waals surface area contributed by atoms with Gasteiger partial charge in [0.15, 0.2) is 5.60 Å². The largest absolute Gasteiger partial charge is 0.455 e. The van der Waals surface area contributed by atoms with Crippen molar-refractivity contribution in [2.24, 2.45) is 0 Å². The maximum Gasteiger partial charge on any atom is 0.294 e. The Morgan fingerprint density at radius 2 is 2.03 bits per heavy atom. The average Bonchev–Trinajstić information content (AvgIpc) is 3.39. The van der Waals surface area contributed by atoms with Crippen molar-refractivity contribution in [1.82, 2.24) is 9.55 Å². The van der Waals surface area contributed by atoms with Gasteiger partial charge in [-0.15, -0.1) is 11.3 Å². The molecule has 0 radical (unpaired) electrons. The van der Waals surface area contributed by atoms with Crippen molar-refractivity contribution >= 4 is 28.7 Å². The van der Waals surface area contributed by atoms with Crippen LogP contribution in [0, 0.1) is 6.92 Å². The molecule has 0 fully saturated rings. The lowest BCUT2D eigenvalue weighted by Gasteiger charge is -2.25. The minimum atomic E-state index is -0.598. The summed E-state index contributed by atoms with van der Waals surface area (Å²) in [6.07, 6.45) is 8.27. The second-order valence-corrected chi connectivity index (χ2v) is 9.01. The molecule has 156 valence electrons. The van der Waals surface area contributed by atoms with Gasteiger partial charge in [0.2, 0.25) is 0 Å². The number of aryl methyl sites for hydroxylation is 2. The number of benzene rings is 1. The molecule has 30 heavy (non-hydrogen) atoms. The normalized spacial score (nSPS) is 15.0. The number of rotatable bonds is 8. The number of unbranched alkanes of at least 4 members (excludes halogenated alkanes) is 1. The van der Waals surface area contributed by atoms with Crippen LogP contribution in [0.25, 0.3) is 10.9 Å². The monoisotopic (exact) mass is 422 g/mol. The molecule has 0 unspecified atom stereocenters. The van der Waals surface area contributed by atoms with Crippen molar-refractivity contribution in [3.05, 3.63) is 74.0 Å². The number of carbonyl (C=O) groups is 1. The molecule has 0 N–H and O–H groups in total. The van der Waals surface area contributed by atoms with E-state index in [1.165, 1.54) is 0 Å². The molecule has 0 saturated heterocycles. The molecule has 0 spiro atoms. The van der Waals surface area contributed by atoms with Crippen molar-refractivity contribution in [2.75, 3.05) is 0 Å². The summed E-state index contributed by atoms with van der Waals surface area (Å²) in [6.45, 7) is 5.11. The molecule has 3 aromatic rings. The van der Waals surface area contributed by atoms with E-state index in [-0.39, 0.29) is 5.56 Å². The Morgan fingerprint density at radius 1 is 1.23 bits per heavy atom. The molecule has 1 aromatic carbocycles. The van der Waals surface area contributed by atoms with Gasteiger partial charge in [-0.05, 0) is 37.1 Å². The molecule has 1 aliphatic rings. The summed E-state index contributed by atoms with van der Waals surface area (Å²) in [7, 11) is 0. The summed E-state index contributed by atoms with van der Waals surface area (Å²) < 4.78 is 7.32. The Kier molecular flexibility index (Phi) is 5.86. The molecule has 2 heterocycles. The topological polar surface area (TPSA) is 61.2 Å². The molecule has 0 atom stereocenters. The third-order valence-electron chi connectivity index (χ3n) is 5.79. The molecule has 1 aliphatic carbocycles. The quantitative estimate of drug-likeness (QED) is 0.384. The van der Waals surface area contributed by atoms with Crippen LogP contribution < -0.4 is 5.56 Å². The van der Waals surface area contributed by atoms with Gasteiger partial charge in [0.05, 0.1) is 17.4 Å². The van der Waals surface area contributed by atoms with Crippen LogP contribution in [-0.4, -0.2) is 16.0 Å². The Labute approximate surface area is 180 Å². The van der Waals surface area contributed by atoms with Crippen LogP contribution in [-0.2, 0) is 28.1 Å². The summed E-state index contributed by atoms with van der Waals surface area (Å²) in [5.41, 5.74) is 1.13. The molecular formula is C24H26N2O3S. The first-order chi connectivity index (χ1) is 14.6. The minimum Gasteiger partial charge on any atom is -0.455 e. The highest BCUT2D eigenvalue weighted by atomic mass is 32.1. The molecule has 4 rings (SSSR count). The number of ether oxygens (including phenoxy) is 1. The van der Waals surface area contributed by atoms with E-state index < -0.39 is 5.60 Å². The number of nitrogens with zero attached hydrogens (tertiary/aromatic N) is 2. The summed E-state index contributed by atoms with van der Waals surface area (Å²) in [5.74, 6) is 0.830. The van der Waals surface area contributed by atoms with E-state index in [4.69, 9.17) is 9.72 Å². The summed E-state index contributed by atoms with van der Waals surface area (Å²) in [4.78, 5) is 31.4. The van der Waals surface area contributed by atoms with E-state index in [9.17, 15) is 9.59 Å². The molecule has 5 nitrogen and oxygen atoms in total. The Hall–Kier alpha value is -2.73. The van der Waals surface area contributed by atoms with E-state index in [1.54, 1.807) is 11.3 Å². The number of fused-ring (bicyclic) bond motifs is 1. The standard InChI is InChI=1S/C24H26N2O3S/c1-3-4-10-21-25-19-9-7-8-17(2)22(19)23(28)26(21)15-18-11-12-20(30-18)24(29-16-27)13-5-6-14-24/h5-9,11-12,16H,3-4,10,13-15H2,1-2H3. The van der Waals surface area contributed by atoms with Crippen molar-refractivity contribution in [3.63, 3.8) is 0 Å². The predicted molar refractivity (Wildman–Crippen MR) is 120 cm³/mol. The molecule has 2 aromatic heterocycles. The third-order valence-corrected chi connectivity index (χ3v) is 7.04. The lowest BCUT2D eigenvalue weighted by molar-refractivity contribution is -0.143. The van der Waals surface area contributed by atoms with E-state index in [0.717, 1.165) is 45.9 Å². The van der Waals surface area contributed by atoms with Crippen LogP contribution >= 0.6 is 11.3 Å². The maximum atomic E-state index is 13.4. The van der Waals surface area contributed by atoms with Gasteiger partial charge in [0, 0.05) is 29.0 Å². The highest BCUT2D eigenvalue weighted by Crippen LogP contribution is 2.41. The maximum absolute atomic E-state index is 13.4. The highest BCUT2D eigenvalue weighted by molar-refractivity contribution is 7.12. The molecule has 0 saturated carbocycles. The molecule has 0 bridgehead atoms. The first-order valence-corrected chi connectivity index (χ1v) is 11.2. The summed E-state index contributed by atoms with van der Waals surface area (Å²) >= 11 is 1.60. The molecule has 6 heteroatoms. The number of carbonyl (C=O) groups excluding carboxylic acids is 1. The first kappa shape index (κ1) is 20.5. The van der Waals surface area contributed by atoms with Gasteiger partial charge in [0.25, 0.3) is 12.0 Å². The van der Waals surface area contributed by atoms with Gasteiger partial charge in [-0.1, -0.05) is 37.6 Å². The van der Waals surface area contributed by atoms with E-state index in [1.807, 2.05) is 54.0 Å². The summed E-state index contributed by atoms with van der Waals surface area (Å²) in [5, 5.41) is 0.690. The number of hydrogen-bond donors (Lipinski definition) is 0. The zero-order valence-corrected chi connectivity index (χ0v) is 18.2. The smallest absolute Gasteiger partial charge is 0.294 e. The van der Waals surface area contributed by atoms with Crippen LogP contribution in [0.2, 0.25) is 0 Å². The highest BCUT2D eigenvalue weighted by Gasteiger charge is 2.36. The first-order valence-electron chi connectivity index (χ1n) is 10.4. The number of hydrogen-bond acceptors (Lipinski definition) is 5. The zero-order chi connectivity index (χ0) is 21.1. The van der Waals surface area contributed by atoms with Crippen molar-refractivity contribution in [3.8, 4) is 0 Å². The predicted octanol–water partition coefficient (Wildman–Crippen LogP) is 4.88. The fraction of sp³-hybridized carbons (Fsp3) is 0.375. The van der Waals surface area contributed by atoms with Crippen molar-refractivity contribution in [2.45, 2.75) is 58.1 Å². The fourth-order valence-corrected chi connectivity index (χ4v) is 5.26. The van der Waals surface area contributed by atoms with E-state index >= 15 is 0 Å². The lowest BCUT2D eigenvalue weighted by Crippen LogP contribution is -2.26. The van der Waals surface area contributed by atoms with E-state index in [0.29, 0.717) is 31.2 Å². The van der Waals surface area contributed by atoms with Gasteiger partial charge >= 0.3 is 0 Å². The van der Waals surface area contributed by atoms with Crippen LogP contribution in [0.1, 0.15) is 53.7 Å². The molecular weight excluding hydrogens is 396 g/mol. The van der Waals surface area contributed by atoms with Gasteiger partial charge in [-0.3, -0.25) is 14.2 Å². The second kappa shape index (κ2) is 8.56. The van der Waals surface area contributed by atoms with Crippen molar-refractivity contribution in [1.29, 1.82) is 0 Å². The van der Waals surface area contributed by atoms with Crippen LogP contribution in [0.3, 0.4) is 0 Å². The Balaban J connectivity index is 1.74. The Bertz CT molecular complexity index is 1150. The number of aromatic nitrogens is 2. The SMILES string of the molecule is CCCCc1nc2cccc(C)c2c(=O)n1Cc1ccc(C2(OC=O)CC=CC2)s1. The van der Waals surface area contributed by atoms with Crippen LogP contribution in [0.5, 0.6) is 0 Å². The fourth-order valence-electron chi connectivity index (χ4n) is 4.11. The van der Waals surface area contributed by atoms with Gasteiger partial charge in [-0.2, -0.15) is 0 Å². The Morgan fingerprint density at radius 3 is 2.77 bits per heavy atom. The van der Waals surface area contributed by atoms with E-state index in [2.05, 4.69) is 6.92 Å². The van der Waals surface area contributed by atoms with Gasteiger partial charge in [-0.25, -0.2) is 4.98 Å². The molecule has 0 aliphatic heterocycles. The zero-order valence-electron chi connectivity index (χ0n) is 17.4. The van der Waals surface area contributed by atoms with Gasteiger partial charge in [0.1, 0.15) is 5.82 Å². The van der Waals surface area contributed by atoms with Crippen molar-refractivity contribution < 1.29 is 9.53 Å². The minimum absolute atomic E-state index is 0.0144. The van der Waals surface area contributed by atoms with Crippen LogP contribution in [0.4, 0.5) is 0 Å². The van der Waals surface area contributed by atoms with Crippen LogP contribution in [0.15, 0.2) is 47.3 Å². The lowest BCUT2D eigenvalue weighted by atomic mass is 9.99.